The molecule has 74 valence electrons. The Kier molecular flexibility index (Phi) is 8.72. The number of rotatable bonds is 7. The second-order valence-corrected chi connectivity index (χ2v) is 4.48. The molecule has 0 aliphatic heterocycles. The summed E-state index contributed by atoms with van der Waals surface area (Å²) in [7, 11) is 0. The number of nitrogens with zero attached hydrogens (tertiary/aromatic N) is 1. The zero-order valence-electron chi connectivity index (χ0n) is 8.16. The fraction of sp³-hybridized carbons (Fsp3) is 1.00. The van der Waals surface area contributed by atoms with Crippen LogP contribution in [0.4, 0.5) is 0 Å². The number of hydrogen-bond acceptors (Lipinski definition) is 3. The maximum atomic E-state index is 4.33. The van der Waals surface area contributed by atoms with Gasteiger partial charge >= 0.3 is 0 Å². The lowest BCUT2D eigenvalue weighted by molar-refractivity contribution is 0.296. The van der Waals surface area contributed by atoms with Crippen molar-refractivity contribution >= 4 is 25.3 Å². The van der Waals surface area contributed by atoms with Crippen LogP contribution in [-0.2, 0) is 0 Å². The maximum absolute atomic E-state index is 4.33. The van der Waals surface area contributed by atoms with Crippen LogP contribution in [0.25, 0.3) is 0 Å². The van der Waals surface area contributed by atoms with Crippen LogP contribution in [0.15, 0.2) is 0 Å². The van der Waals surface area contributed by atoms with Gasteiger partial charge < -0.3 is 0 Å². The fourth-order valence-electron chi connectivity index (χ4n) is 1.07. The molecule has 12 heavy (non-hydrogen) atoms. The molecule has 0 atom stereocenters. The molecule has 0 fully saturated rings. The van der Waals surface area contributed by atoms with Crippen molar-refractivity contribution in [2.24, 2.45) is 0 Å². The Morgan fingerprint density at radius 2 is 1.42 bits per heavy atom. The van der Waals surface area contributed by atoms with Gasteiger partial charge in [0.1, 0.15) is 0 Å². The molecule has 0 aromatic carbocycles. The Hall–Kier alpha value is 0.660. The summed E-state index contributed by atoms with van der Waals surface area (Å²) < 4.78 is 0.114. The Morgan fingerprint density at radius 1 is 1.00 bits per heavy atom. The minimum atomic E-state index is 0.114. The van der Waals surface area contributed by atoms with Crippen LogP contribution < -0.4 is 0 Å². The Morgan fingerprint density at radius 3 is 1.67 bits per heavy atom. The van der Waals surface area contributed by atoms with Crippen LogP contribution in [-0.4, -0.2) is 22.7 Å². The smallest absolute Gasteiger partial charge is 0.0969 e. The van der Waals surface area contributed by atoms with E-state index in [0.717, 1.165) is 13.1 Å². The minimum Gasteiger partial charge on any atom is -0.284 e. The molecule has 0 radical (unpaired) electrons. The van der Waals surface area contributed by atoms with Crippen molar-refractivity contribution in [3.8, 4) is 0 Å². The molecule has 1 nitrogen and oxygen atoms in total. The normalized spacial score (nSPS) is 11.5. The molecule has 0 aliphatic carbocycles. The first-order chi connectivity index (χ1) is 5.72. The summed E-state index contributed by atoms with van der Waals surface area (Å²) in [5.41, 5.74) is 0. The molecule has 0 saturated carbocycles. The van der Waals surface area contributed by atoms with E-state index < -0.39 is 0 Å². The zero-order chi connectivity index (χ0) is 9.40. The molecule has 0 saturated heterocycles. The lowest BCUT2D eigenvalue weighted by Gasteiger charge is -2.24. The third-order valence-corrected chi connectivity index (χ3v) is 2.58. The Balaban J connectivity index is 3.55. The summed E-state index contributed by atoms with van der Waals surface area (Å²) in [4.78, 5) is 2.32. The third kappa shape index (κ3) is 6.21. The quantitative estimate of drug-likeness (QED) is 0.479. The van der Waals surface area contributed by atoms with E-state index in [-0.39, 0.29) is 4.71 Å². The predicted molar refractivity (Wildman–Crippen MR) is 63.1 cm³/mol. The standard InChI is InChI=1S/C9H21NS2/c1-3-5-7-10(9(11)12)8-6-4-2/h9,11-12H,3-8H2,1-2H3. The molecular weight excluding hydrogens is 186 g/mol. The van der Waals surface area contributed by atoms with E-state index in [0.29, 0.717) is 0 Å². The van der Waals surface area contributed by atoms with E-state index in [1.165, 1.54) is 25.7 Å². The first-order valence-corrected chi connectivity index (χ1v) is 5.85. The fourth-order valence-corrected chi connectivity index (χ4v) is 1.53. The van der Waals surface area contributed by atoms with E-state index in [1.54, 1.807) is 0 Å². The van der Waals surface area contributed by atoms with E-state index in [4.69, 9.17) is 0 Å². The van der Waals surface area contributed by atoms with Gasteiger partial charge in [-0.2, -0.15) is 0 Å². The number of hydrogen-bond donors (Lipinski definition) is 2. The van der Waals surface area contributed by atoms with Crippen LogP contribution >= 0.6 is 25.3 Å². The highest BCUT2D eigenvalue weighted by Gasteiger charge is 2.08. The topological polar surface area (TPSA) is 3.24 Å². The lowest BCUT2D eigenvalue weighted by atomic mass is 10.3. The van der Waals surface area contributed by atoms with Crippen molar-refractivity contribution in [1.82, 2.24) is 4.90 Å². The minimum absolute atomic E-state index is 0.114. The van der Waals surface area contributed by atoms with E-state index in [9.17, 15) is 0 Å². The van der Waals surface area contributed by atoms with Gasteiger partial charge in [-0.1, -0.05) is 26.7 Å². The average molecular weight is 207 g/mol. The molecule has 0 amide bonds. The van der Waals surface area contributed by atoms with Gasteiger partial charge in [0.05, 0.1) is 4.71 Å². The lowest BCUT2D eigenvalue weighted by Crippen LogP contribution is -2.29. The van der Waals surface area contributed by atoms with E-state index in [2.05, 4.69) is 44.0 Å². The van der Waals surface area contributed by atoms with Crippen molar-refractivity contribution in [2.45, 2.75) is 44.2 Å². The first kappa shape index (κ1) is 12.7. The van der Waals surface area contributed by atoms with Gasteiger partial charge in [0.15, 0.2) is 0 Å². The molecule has 0 unspecified atom stereocenters. The highest BCUT2D eigenvalue weighted by atomic mass is 32.2. The van der Waals surface area contributed by atoms with Gasteiger partial charge in [-0.05, 0) is 25.9 Å². The van der Waals surface area contributed by atoms with Crippen molar-refractivity contribution in [3.63, 3.8) is 0 Å². The van der Waals surface area contributed by atoms with E-state index >= 15 is 0 Å². The van der Waals surface area contributed by atoms with Gasteiger partial charge in [-0.3, -0.25) is 4.90 Å². The summed E-state index contributed by atoms with van der Waals surface area (Å²) in [5.74, 6) is 0. The molecule has 0 aromatic rings. The largest absolute Gasteiger partial charge is 0.284 e. The Labute approximate surface area is 87.7 Å². The maximum Gasteiger partial charge on any atom is 0.0969 e. The number of unbranched alkanes of at least 4 members (excludes halogenated alkanes) is 2. The van der Waals surface area contributed by atoms with Gasteiger partial charge in [0.2, 0.25) is 0 Å². The monoisotopic (exact) mass is 207 g/mol. The third-order valence-electron chi connectivity index (χ3n) is 1.92. The molecule has 0 aliphatic rings. The summed E-state index contributed by atoms with van der Waals surface area (Å²) in [6.45, 7) is 6.69. The van der Waals surface area contributed by atoms with Crippen LogP contribution in [0.3, 0.4) is 0 Å². The highest BCUT2D eigenvalue weighted by molar-refractivity contribution is 7.99. The zero-order valence-corrected chi connectivity index (χ0v) is 9.95. The highest BCUT2D eigenvalue weighted by Crippen LogP contribution is 2.10. The molecule has 0 rings (SSSR count). The first-order valence-electron chi connectivity index (χ1n) is 4.82. The van der Waals surface area contributed by atoms with Gasteiger partial charge in [0, 0.05) is 0 Å². The van der Waals surface area contributed by atoms with Crippen molar-refractivity contribution < 1.29 is 0 Å². The second-order valence-electron chi connectivity index (χ2n) is 3.09. The van der Waals surface area contributed by atoms with Gasteiger partial charge in [-0.25, -0.2) is 0 Å². The van der Waals surface area contributed by atoms with Gasteiger partial charge in [0.25, 0.3) is 0 Å². The summed E-state index contributed by atoms with van der Waals surface area (Å²) in [5, 5.41) is 0. The molecule has 0 aromatic heterocycles. The summed E-state index contributed by atoms with van der Waals surface area (Å²) in [6.07, 6.45) is 5.00. The average Bonchev–Trinajstić information content (AvgIpc) is 2.04. The van der Waals surface area contributed by atoms with Crippen molar-refractivity contribution in [1.29, 1.82) is 0 Å². The second kappa shape index (κ2) is 8.27. The molecule has 0 spiro atoms. The van der Waals surface area contributed by atoms with Crippen molar-refractivity contribution in [3.05, 3.63) is 0 Å². The predicted octanol–water partition coefficient (Wildman–Crippen LogP) is 3.03. The Bertz CT molecular complexity index is 88.5. The van der Waals surface area contributed by atoms with Crippen LogP contribution in [0.1, 0.15) is 39.5 Å². The van der Waals surface area contributed by atoms with Crippen LogP contribution in [0.5, 0.6) is 0 Å². The van der Waals surface area contributed by atoms with Crippen LogP contribution in [0, 0.1) is 0 Å². The van der Waals surface area contributed by atoms with E-state index in [1.807, 2.05) is 0 Å². The molecule has 3 heteroatoms. The van der Waals surface area contributed by atoms with Crippen molar-refractivity contribution in [2.75, 3.05) is 13.1 Å². The summed E-state index contributed by atoms with van der Waals surface area (Å²) >= 11 is 8.66. The molecule has 0 N–H and O–H groups in total. The molecular formula is C9H21NS2. The number of thiol groups is 2. The van der Waals surface area contributed by atoms with Crippen LogP contribution in [0.2, 0.25) is 0 Å². The SMILES string of the molecule is CCCCN(CCCC)C(S)S. The summed E-state index contributed by atoms with van der Waals surface area (Å²) in [6, 6.07) is 0. The molecule has 0 bridgehead atoms. The molecule has 0 heterocycles. The van der Waals surface area contributed by atoms with Gasteiger partial charge in [-0.15, -0.1) is 25.3 Å².